The molecule has 1 aliphatic heterocycles. The van der Waals surface area contributed by atoms with Gasteiger partial charge in [-0.25, -0.2) is 0 Å². The van der Waals surface area contributed by atoms with Crippen LogP contribution < -0.4 is 5.32 Å². The molecule has 1 aliphatic rings. The number of aromatic nitrogens is 1. The average molecular weight is 351 g/mol. The quantitative estimate of drug-likeness (QED) is 0.901. The summed E-state index contributed by atoms with van der Waals surface area (Å²) >= 11 is 0. The summed E-state index contributed by atoms with van der Waals surface area (Å²) in [4.78, 5) is 30.6. The number of hydrogen-bond donors (Lipinski definition) is 1. The van der Waals surface area contributed by atoms with Crippen molar-refractivity contribution < 1.29 is 9.59 Å². The van der Waals surface area contributed by atoms with Gasteiger partial charge in [0.15, 0.2) is 0 Å². The topological polar surface area (TPSA) is 62.3 Å². The van der Waals surface area contributed by atoms with E-state index in [4.69, 9.17) is 0 Å². The first-order valence-corrected chi connectivity index (χ1v) is 9.13. The summed E-state index contributed by atoms with van der Waals surface area (Å²) in [6, 6.07) is 11.5. The second kappa shape index (κ2) is 8.61. The normalized spacial score (nSPS) is 14.9. The van der Waals surface area contributed by atoms with Crippen LogP contribution in [0.5, 0.6) is 0 Å². The maximum Gasteiger partial charge on any atom is 0.253 e. The van der Waals surface area contributed by atoms with Gasteiger partial charge in [-0.05, 0) is 49.4 Å². The lowest BCUT2D eigenvalue weighted by Gasteiger charge is -2.31. The van der Waals surface area contributed by atoms with Crippen molar-refractivity contribution in [2.24, 2.45) is 5.92 Å². The predicted molar refractivity (Wildman–Crippen MR) is 101 cm³/mol. The fourth-order valence-corrected chi connectivity index (χ4v) is 3.26. The van der Waals surface area contributed by atoms with Crippen LogP contribution >= 0.6 is 0 Å². The van der Waals surface area contributed by atoms with Gasteiger partial charge in [0.2, 0.25) is 5.91 Å². The van der Waals surface area contributed by atoms with E-state index in [0.29, 0.717) is 32.0 Å². The first-order valence-electron chi connectivity index (χ1n) is 9.13. The lowest BCUT2D eigenvalue weighted by molar-refractivity contribution is -0.122. The molecule has 136 valence electrons. The minimum Gasteiger partial charge on any atom is -0.352 e. The van der Waals surface area contributed by atoms with E-state index in [1.807, 2.05) is 48.2 Å². The lowest BCUT2D eigenvalue weighted by atomic mass is 9.92. The zero-order valence-electron chi connectivity index (χ0n) is 15.1. The molecule has 0 bridgehead atoms. The average Bonchev–Trinajstić information content (AvgIpc) is 2.68. The molecular formula is C21H25N3O2. The summed E-state index contributed by atoms with van der Waals surface area (Å²) in [5.74, 6) is 0.493. The molecule has 5 nitrogen and oxygen atoms in total. The Morgan fingerprint density at radius 2 is 1.88 bits per heavy atom. The fraction of sp³-hybridized carbons (Fsp3) is 0.381. The van der Waals surface area contributed by atoms with Gasteiger partial charge in [-0.3, -0.25) is 14.6 Å². The molecule has 2 amide bonds. The largest absolute Gasteiger partial charge is 0.352 e. The number of rotatable bonds is 5. The number of carbonyl (C=O) groups is 2. The van der Waals surface area contributed by atoms with Crippen LogP contribution in [0.25, 0.3) is 0 Å². The van der Waals surface area contributed by atoms with Crippen LogP contribution in [0.15, 0.2) is 48.8 Å². The summed E-state index contributed by atoms with van der Waals surface area (Å²) in [5, 5.41) is 2.95. The van der Waals surface area contributed by atoms with E-state index in [1.54, 1.807) is 12.4 Å². The van der Waals surface area contributed by atoms with Crippen molar-refractivity contribution >= 4 is 11.8 Å². The zero-order chi connectivity index (χ0) is 18.4. The minimum atomic E-state index is 0.0668. The zero-order valence-corrected chi connectivity index (χ0v) is 15.1. The number of benzene rings is 1. The second-order valence-corrected chi connectivity index (χ2v) is 6.94. The minimum absolute atomic E-state index is 0.0668. The highest BCUT2D eigenvalue weighted by atomic mass is 16.2. The van der Waals surface area contributed by atoms with Gasteiger partial charge in [0.1, 0.15) is 0 Å². The molecule has 2 aromatic rings. The lowest BCUT2D eigenvalue weighted by Crippen LogP contribution is -2.39. The van der Waals surface area contributed by atoms with Crippen LogP contribution in [-0.2, 0) is 11.3 Å². The number of aryl methyl sites for hydroxylation is 1. The van der Waals surface area contributed by atoms with Crippen LogP contribution in [-0.4, -0.2) is 34.8 Å². The number of hydrogen-bond acceptors (Lipinski definition) is 3. The van der Waals surface area contributed by atoms with E-state index >= 15 is 0 Å². The molecule has 3 rings (SSSR count). The second-order valence-electron chi connectivity index (χ2n) is 6.94. The van der Waals surface area contributed by atoms with Crippen molar-refractivity contribution in [1.82, 2.24) is 15.2 Å². The molecule has 0 aliphatic carbocycles. The molecule has 0 unspecified atom stereocenters. The van der Waals surface area contributed by atoms with Crippen molar-refractivity contribution in [1.29, 1.82) is 0 Å². The van der Waals surface area contributed by atoms with Crippen molar-refractivity contribution in [2.75, 3.05) is 13.1 Å². The van der Waals surface area contributed by atoms with Crippen LogP contribution in [0.4, 0.5) is 0 Å². The Balaban J connectivity index is 1.42. The van der Waals surface area contributed by atoms with E-state index in [-0.39, 0.29) is 11.8 Å². The van der Waals surface area contributed by atoms with Crippen LogP contribution in [0.1, 0.15) is 40.7 Å². The number of amides is 2. The van der Waals surface area contributed by atoms with Crippen molar-refractivity contribution in [2.45, 2.75) is 32.7 Å². The maximum absolute atomic E-state index is 12.5. The molecule has 0 atom stereocenters. The molecule has 0 radical (unpaired) electrons. The highest BCUT2D eigenvalue weighted by Crippen LogP contribution is 2.22. The Morgan fingerprint density at radius 1 is 1.15 bits per heavy atom. The first kappa shape index (κ1) is 18.1. The molecule has 2 heterocycles. The van der Waals surface area contributed by atoms with Crippen molar-refractivity contribution in [3.8, 4) is 0 Å². The van der Waals surface area contributed by atoms with E-state index in [2.05, 4.69) is 10.3 Å². The molecule has 26 heavy (non-hydrogen) atoms. The molecular weight excluding hydrogens is 326 g/mol. The van der Waals surface area contributed by atoms with Gasteiger partial charge in [0.25, 0.3) is 5.91 Å². The predicted octanol–water partition coefficient (Wildman–Crippen LogP) is 2.95. The summed E-state index contributed by atoms with van der Waals surface area (Å²) in [6.07, 6.45) is 5.75. The molecule has 0 saturated carbocycles. The number of pyridine rings is 1. The van der Waals surface area contributed by atoms with Gasteiger partial charge < -0.3 is 10.2 Å². The number of carbonyl (C=O) groups excluding carboxylic acids is 2. The first-order chi connectivity index (χ1) is 12.6. The summed E-state index contributed by atoms with van der Waals surface area (Å²) < 4.78 is 0. The van der Waals surface area contributed by atoms with Gasteiger partial charge in [-0.2, -0.15) is 0 Å². The third kappa shape index (κ3) is 4.91. The molecule has 1 aromatic heterocycles. The van der Waals surface area contributed by atoms with Gasteiger partial charge in [-0.15, -0.1) is 0 Å². The van der Waals surface area contributed by atoms with Crippen molar-refractivity contribution in [3.63, 3.8) is 0 Å². The third-order valence-electron chi connectivity index (χ3n) is 4.89. The molecule has 5 heteroatoms. The number of nitrogens with one attached hydrogen (secondary N) is 1. The Kier molecular flexibility index (Phi) is 6.00. The monoisotopic (exact) mass is 351 g/mol. The van der Waals surface area contributed by atoms with E-state index in [0.717, 1.165) is 29.5 Å². The van der Waals surface area contributed by atoms with Crippen LogP contribution in [0, 0.1) is 12.8 Å². The van der Waals surface area contributed by atoms with Gasteiger partial charge in [-0.1, -0.05) is 23.8 Å². The molecule has 1 fully saturated rings. The van der Waals surface area contributed by atoms with Crippen LogP contribution in [0.3, 0.4) is 0 Å². The summed E-state index contributed by atoms with van der Waals surface area (Å²) in [6.45, 7) is 3.96. The van der Waals surface area contributed by atoms with Crippen molar-refractivity contribution in [3.05, 3.63) is 65.5 Å². The van der Waals surface area contributed by atoms with E-state index < -0.39 is 0 Å². The number of piperidine rings is 1. The Bertz CT molecular complexity index is 736. The number of nitrogens with zero attached hydrogens (tertiary/aromatic N) is 2. The molecule has 0 spiro atoms. The Labute approximate surface area is 154 Å². The maximum atomic E-state index is 12.5. The molecule has 1 saturated heterocycles. The molecule has 1 aromatic carbocycles. The highest BCUT2D eigenvalue weighted by molar-refractivity contribution is 5.94. The van der Waals surface area contributed by atoms with Gasteiger partial charge in [0.05, 0.1) is 0 Å². The summed E-state index contributed by atoms with van der Waals surface area (Å²) in [7, 11) is 0. The van der Waals surface area contributed by atoms with Gasteiger partial charge in [0, 0.05) is 44.0 Å². The van der Waals surface area contributed by atoms with Gasteiger partial charge >= 0.3 is 0 Å². The molecule has 1 N–H and O–H groups in total. The van der Waals surface area contributed by atoms with Crippen LogP contribution in [0.2, 0.25) is 0 Å². The smallest absolute Gasteiger partial charge is 0.253 e. The highest BCUT2D eigenvalue weighted by Gasteiger charge is 2.25. The third-order valence-corrected chi connectivity index (χ3v) is 4.89. The Morgan fingerprint density at radius 3 is 2.54 bits per heavy atom. The Hall–Kier alpha value is -2.69. The fourth-order valence-electron chi connectivity index (χ4n) is 3.26. The number of likely N-dealkylation sites (tertiary alicyclic amines) is 1. The SMILES string of the molecule is Cc1ccc(C(=O)N2CCC(CC(=O)NCc3cccnc3)CC2)cc1. The van der Waals surface area contributed by atoms with E-state index in [9.17, 15) is 9.59 Å². The standard InChI is InChI=1S/C21H25N3O2/c1-16-4-6-19(7-5-16)21(26)24-11-8-17(9-12-24)13-20(25)23-15-18-3-2-10-22-14-18/h2-7,10,14,17H,8-9,11-13,15H2,1H3,(H,23,25). The summed E-state index contributed by atoms with van der Waals surface area (Å²) in [5.41, 5.74) is 2.89. The van der Waals surface area contributed by atoms with E-state index in [1.165, 1.54) is 0 Å².